The average Bonchev–Trinajstić information content (AvgIpc) is 2.46. The summed E-state index contributed by atoms with van der Waals surface area (Å²) in [6.07, 6.45) is 3.87. The van der Waals surface area contributed by atoms with Crippen LogP contribution in [0.1, 0.15) is 25.5 Å². The van der Waals surface area contributed by atoms with Crippen molar-refractivity contribution in [3.05, 3.63) is 30.1 Å². The molecule has 5 nitrogen and oxygen atoms in total. The topological polar surface area (TPSA) is 64.4 Å². The van der Waals surface area contributed by atoms with Gasteiger partial charge in [0.15, 0.2) is 0 Å². The highest BCUT2D eigenvalue weighted by molar-refractivity contribution is 5.89. The smallest absolute Gasteiger partial charge is 0.232 e. The van der Waals surface area contributed by atoms with Crippen molar-refractivity contribution < 1.29 is 14.2 Å². The molecule has 0 fully saturated rings. The lowest BCUT2D eigenvalue weighted by Gasteiger charge is -2.08. The number of ether oxygens (including phenoxy) is 3. The lowest BCUT2D eigenvalue weighted by Crippen LogP contribution is -2.14. The predicted molar refractivity (Wildman–Crippen MR) is 73.6 cm³/mol. The number of rotatable bonds is 10. The van der Waals surface area contributed by atoms with Gasteiger partial charge in [0.05, 0.1) is 19.8 Å². The number of hydrogen-bond donors (Lipinski definition) is 1. The molecule has 1 aromatic rings. The summed E-state index contributed by atoms with van der Waals surface area (Å²) in [7, 11) is 0. The zero-order valence-electron chi connectivity index (χ0n) is 11.4. The van der Waals surface area contributed by atoms with Gasteiger partial charge < -0.3 is 14.2 Å². The summed E-state index contributed by atoms with van der Waals surface area (Å²) >= 11 is 0. The highest BCUT2D eigenvalue weighted by atomic mass is 16.5. The molecule has 0 aliphatic heterocycles. The van der Waals surface area contributed by atoms with Crippen molar-refractivity contribution in [1.82, 2.24) is 4.98 Å². The van der Waals surface area contributed by atoms with Crippen LogP contribution in [0, 0.1) is 5.41 Å². The van der Waals surface area contributed by atoms with Crippen LogP contribution in [-0.4, -0.2) is 43.9 Å². The first-order valence-corrected chi connectivity index (χ1v) is 6.63. The molecule has 0 aliphatic rings. The van der Waals surface area contributed by atoms with Crippen molar-refractivity contribution in [2.75, 3.05) is 33.0 Å². The van der Waals surface area contributed by atoms with Crippen LogP contribution in [0.3, 0.4) is 0 Å². The standard InChI is InChI=1S/C14H22N2O3/c1-2-3-8-17-9-10-18-11-12-19-14(15)13-6-4-5-7-16-13/h4-7,15H,2-3,8-12H2,1H3. The van der Waals surface area contributed by atoms with E-state index in [-0.39, 0.29) is 5.90 Å². The van der Waals surface area contributed by atoms with E-state index >= 15 is 0 Å². The van der Waals surface area contributed by atoms with Gasteiger partial charge in [-0.05, 0) is 18.6 Å². The molecule has 19 heavy (non-hydrogen) atoms. The molecule has 1 heterocycles. The molecule has 0 radical (unpaired) electrons. The minimum atomic E-state index is 0.0726. The van der Waals surface area contributed by atoms with E-state index in [0.717, 1.165) is 19.4 Å². The van der Waals surface area contributed by atoms with Crippen LogP contribution < -0.4 is 0 Å². The normalized spacial score (nSPS) is 10.4. The van der Waals surface area contributed by atoms with E-state index in [4.69, 9.17) is 19.6 Å². The van der Waals surface area contributed by atoms with Crippen LogP contribution in [0.4, 0.5) is 0 Å². The monoisotopic (exact) mass is 266 g/mol. The summed E-state index contributed by atoms with van der Waals surface area (Å²) < 4.78 is 15.9. The molecule has 1 aromatic heterocycles. The Morgan fingerprint density at radius 1 is 1.11 bits per heavy atom. The molecule has 1 N–H and O–H groups in total. The van der Waals surface area contributed by atoms with Gasteiger partial charge in [-0.2, -0.15) is 0 Å². The molecule has 1 rings (SSSR count). The van der Waals surface area contributed by atoms with Gasteiger partial charge in [0.2, 0.25) is 5.90 Å². The Hall–Kier alpha value is -1.46. The summed E-state index contributed by atoms with van der Waals surface area (Å²) in [4.78, 5) is 4.03. The first-order chi connectivity index (χ1) is 9.34. The summed E-state index contributed by atoms with van der Waals surface area (Å²) in [6, 6.07) is 5.37. The molecule has 0 aliphatic carbocycles. The quantitative estimate of drug-likeness (QED) is 0.401. The summed E-state index contributed by atoms with van der Waals surface area (Å²) in [5.74, 6) is 0.0726. The molecule has 0 saturated heterocycles. The van der Waals surface area contributed by atoms with Crippen molar-refractivity contribution in [1.29, 1.82) is 5.41 Å². The van der Waals surface area contributed by atoms with Crippen LogP contribution in [0.2, 0.25) is 0 Å². The average molecular weight is 266 g/mol. The first kappa shape index (κ1) is 15.6. The zero-order valence-corrected chi connectivity index (χ0v) is 11.4. The predicted octanol–water partition coefficient (Wildman–Crippen LogP) is 2.26. The second-order valence-corrected chi connectivity index (χ2v) is 3.97. The van der Waals surface area contributed by atoms with E-state index < -0.39 is 0 Å². The number of unbranched alkanes of at least 4 members (excludes halogenated alkanes) is 1. The highest BCUT2D eigenvalue weighted by Crippen LogP contribution is 1.96. The van der Waals surface area contributed by atoms with Gasteiger partial charge in [0.25, 0.3) is 0 Å². The lowest BCUT2D eigenvalue weighted by atomic mass is 10.3. The third kappa shape index (κ3) is 7.54. The lowest BCUT2D eigenvalue weighted by molar-refractivity contribution is 0.0341. The highest BCUT2D eigenvalue weighted by Gasteiger charge is 2.02. The van der Waals surface area contributed by atoms with Gasteiger partial charge >= 0.3 is 0 Å². The van der Waals surface area contributed by atoms with Crippen molar-refractivity contribution in [3.63, 3.8) is 0 Å². The van der Waals surface area contributed by atoms with E-state index in [1.165, 1.54) is 0 Å². The second kappa shape index (κ2) is 10.5. The van der Waals surface area contributed by atoms with E-state index in [1.54, 1.807) is 18.3 Å². The fourth-order valence-corrected chi connectivity index (χ4v) is 1.34. The largest absolute Gasteiger partial charge is 0.474 e. The summed E-state index contributed by atoms with van der Waals surface area (Å²) in [5, 5.41) is 7.66. The first-order valence-electron chi connectivity index (χ1n) is 6.63. The minimum Gasteiger partial charge on any atom is -0.474 e. The summed E-state index contributed by atoms with van der Waals surface area (Å²) in [6.45, 7) is 4.90. The van der Waals surface area contributed by atoms with Crippen molar-refractivity contribution in [2.24, 2.45) is 0 Å². The van der Waals surface area contributed by atoms with Crippen LogP contribution in [-0.2, 0) is 14.2 Å². The summed E-state index contributed by atoms with van der Waals surface area (Å²) in [5.41, 5.74) is 0.533. The van der Waals surface area contributed by atoms with Gasteiger partial charge in [-0.1, -0.05) is 19.4 Å². The second-order valence-electron chi connectivity index (χ2n) is 3.97. The maximum absolute atomic E-state index is 7.66. The van der Waals surface area contributed by atoms with Crippen LogP contribution in [0.25, 0.3) is 0 Å². The maximum atomic E-state index is 7.66. The Labute approximate surface area is 114 Å². The Balaban J connectivity index is 1.95. The van der Waals surface area contributed by atoms with Crippen LogP contribution in [0.5, 0.6) is 0 Å². The van der Waals surface area contributed by atoms with E-state index in [9.17, 15) is 0 Å². The number of aromatic nitrogens is 1. The fraction of sp³-hybridized carbons (Fsp3) is 0.571. The van der Waals surface area contributed by atoms with Gasteiger partial charge in [-0.25, -0.2) is 0 Å². The Bertz CT molecular complexity index is 344. The Morgan fingerprint density at radius 3 is 2.53 bits per heavy atom. The number of nitrogens with zero attached hydrogens (tertiary/aromatic N) is 1. The molecule has 5 heteroatoms. The fourth-order valence-electron chi connectivity index (χ4n) is 1.34. The molecule has 0 bridgehead atoms. The van der Waals surface area contributed by atoms with Gasteiger partial charge in [0.1, 0.15) is 12.3 Å². The van der Waals surface area contributed by atoms with Crippen LogP contribution >= 0.6 is 0 Å². The van der Waals surface area contributed by atoms with Crippen molar-refractivity contribution >= 4 is 5.90 Å². The minimum absolute atomic E-state index is 0.0726. The van der Waals surface area contributed by atoms with Gasteiger partial charge in [-0.3, -0.25) is 10.4 Å². The molecule has 106 valence electrons. The SMILES string of the molecule is CCCCOCCOCCOC(=N)c1ccccn1. The molecular formula is C14H22N2O3. The number of nitrogens with one attached hydrogen (secondary N) is 1. The Morgan fingerprint density at radius 2 is 1.84 bits per heavy atom. The molecule has 0 atom stereocenters. The molecule has 0 spiro atoms. The van der Waals surface area contributed by atoms with Crippen molar-refractivity contribution in [2.45, 2.75) is 19.8 Å². The number of hydrogen-bond acceptors (Lipinski definition) is 5. The van der Waals surface area contributed by atoms with E-state index in [0.29, 0.717) is 32.1 Å². The van der Waals surface area contributed by atoms with Gasteiger partial charge in [-0.15, -0.1) is 0 Å². The molecule has 0 saturated carbocycles. The molecule has 0 amide bonds. The third-order valence-corrected chi connectivity index (χ3v) is 2.39. The van der Waals surface area contributed by atoms with Gasteiger partial charge in [0, 0.05) is 12.8 Å². The molecule has 0 unspecified atom stereocenters. The molecular weight excluding hydrogens is 244 g/mol. The molecule has 0 aromatic carbocycles. The number of pyridine rings is 1. The zero-order chi connectivity index (χ0) is 13.8. The van der Waals surface area contributed by atoms with Crippen LogP contribution in [0.15, 0.2) is 24.4 Å². The van der Waals surface area contributed by atoms with Crippen molar-refractivity contribution in [3.8, 4) is 0 Å². The maximum Gasteiger partial charge on any atom is 0.232 e. The van der Waals surface area contributed by atoms with E-state index in [1.807, 2.05) is 6.07 Å². The third-order valence-electron chi connectivity index (χ3n) is 2.39. The van der Waals surface area contributed by atoms with E-state index in [2.05, 4.69) is 11.9 Å². The Kier molecular flexibility index (Phi) is 8.59.